The molecule has 0 saturated heterocycles. The number of aliphatic hydroxyl groups is 1. The van der Waals surface area contributed by atoms with Crippen LogP contribution >= 0.6 is 0 Å². The fourth-order valence-electron chi connectivity index (χ4n) is 0.359. The highest BCUT2D eigenvalue weighted by Crippen LogP contribution is 1.94. The predicted molar refractivity (Wildman–Crippen MR) is 34.4 cm³/mol. The Hall–Kier alpha value is -0.770. The molecule has 0 rings (SSSR count). The topological polar surface area (TPSA) is 55.8 Å². The Labute approximate surface area is 59.7 Å². The van der Waals surface area contributed by atoms with Crippen LogP contribution in [0.15, 0.2) is 0 Å². The van der Waals surface area contributed by atoms with E-state index in [1.54, 1.807) is 13.8 Å². The summed E-state index contributed by atoms with van der Waals surface area (Å²) < 4.78 is 8.80. The summed E-state index contributed by atoms with van der Waals surface area (Å²) in [5, 5.41) is 8.51. The highest BCUT2D eigenvalue weighted by Gasteiger charge is 2.08. The molecule has 0 radical (unpaired) electrons. The first-order valence-corrected chi connectivity index (χ1v) is 3.07. The van der Waals surface area contributed by atoms with Crippen LogP contribution in [0.5, 0.6) is 0 Å². The molecule has 0 amide bonds. The largest absolute Gasteiger partial charge is 0.510 e. The van der Waals surface area contributed by atoms with Gasteiger partial charge in [0.2, 0.25) is 6.29 Å². The molecule has 0 fully saturated rings. The number of rotatable bonds is 2. The van der Waals surface area contributed by atoms with Crippen LogP contribution < -0.4 is 0 Å². The van der Waals surface area contributed by atoms with Gasteiger partial charge in [-0.1, -0.05) is 0 Å². The van der Waals surface area contributed by atoms with Crippen molar-refractivity contribution in [3.8, 4) is 0 Å². The van der Waals surface area contributed by atoms with E-state index in [2.05, 4.69) is 9.47 Å². The maximum atomic E-state index is 10.5. The molecule has 0 aliphatic carbocycles. The summed E-state index contributed by atoms with van der Waals surface area (Å²) in [5.74, 6) is 0. The molecule has 0 aliphatic rings. The second-order valence-corrected chi connectivity index (χ2v) is 2.13. The molecule has 10 heavy (non-hydrogen) atoms. The molecule has 0 bridgehead atoms. The average Bonchev–Trinajstić information content (AvgIpc) is 1.58. The molecule has 0 aromatic rings. The predicted octanol–water partition coefficient (Wildman–Crippen LogP) is 0.886. The molecule has 0 saturated carbocycles. The van der Waals surface area contributed by atoms with Gasteiger partial charge in [0.05, 0.1) is 6.10 Å². The maximum Gasteiger partial charge on any atom is 0.510 e. The van der Waals surface area contributed by atoms with E-state index < -0.39 is 12.4 Å². The van der Waals surface area contributed by atoms with Crippen LogP contribution in [0.4, 0.5) is 4.79 Å². The summed E-state index contributed by atoms with van der Waals surface area (Å²) in [7, 11) is 0. The van der Waals surface area contributed by atoms with Gasteiger partial charge in [0.25, 0.3) is 0 Å². The normalized spacial score (nSPS) is 12.9. The van der Waals surface area contributed by atoms with Crippen molar-refractivity contribution in [1.29, 1.82) is 0 Å². The third kappa shape index (κ3) is 5.37. The molecule has 4 heteroatoms. The number of hydrogen-bond donors (Lipinski definition) is 1. The van der Waals surface area contributed by atoms with Gasteiger partial charge in [-0.2, -0.15) is 0 Å². The first-order valence-electron chi connectivity index (χ1n) is 3.07. The van der Waals surface area contributed by atoms with Crippen molar-refractivity contribution in [2.75, 3.05) is 0 Å². The summed E-state index contributed by atoms with van der Waals surface area (Å²) >= 11 is 0. The van der Waals surface area contributed by atoms with Crippen molar-refractivity contribution in [3.63, 3.8) is 0 Å². The van der Waals surface area contributed by atoms with Gasteiger partial charge in [0.1, 0.15) is 0 Å². The number of ether oxygens (including phenoxy) is 2. The van der Waals surface area contributed by atoms with Crippen molar-refractivity contribution < 1.29 is 19.4 Å². The van der Waals surface area contributed by atoms with E-state index in [1.807, 2.05) is 0 Å². The average molecular weight is 148 g/mol. The lowest BCUT2D eigenvalue weighted by molar-refractivity contribution is -0.0745. The standard InChI is InChI=1S/C6H12O4/c1-4(2)9-6(8)10-5(3)7/h4-5,7H,1-3H3. The Kier molecular flexibility index (Phi) is 3.79. The van der Waals surface area contributed by atoms with Crippen molar-refractivity contribution in [1.82, 2.24) is 0 Å². The van der Waals surface area contributed by atoms with Gasteiger partial charge in [0, 0.05) is 0 Å². The number of carbonyl (C=O) groups is 1. The first kappa shape index (κ1) is 9.23. The Morgan fingerprint density at radius 1 is 1.30 bits per heavy atom. The van der Waals surface area contributed by atoms with E-state index >= 15 is 0 Å². The van der Waals surface area contributed by atoms with Gasteiger partial charge in [-0.05, 0) is 20.8 Å². The molecular formula is C6H12O4. The molecule has 60 valence electrons. The van der Waals surface area contributed by atoms with Crippen molar-refractivity contribution in [2.45, 2.75) is 33.2 Å². The van der Waals surface area contributed by atoms with E-state index in [4.69, 9.17) is 5.11 Å². The second kappa shape index (κ2) is 4.11. The third-order valence-electron chi connectivity index (χ3n) is 0.599. The third-order valence-corrected chi connectivity index (χ3v) is 0.599. The van der Waals surface area contributed by atoms with Gasteiger partial charge in [-0.3, -0.25) is 0 Å². The minimum Gasteiger partial charge on any atom is -0.432 e. The molecular weight excluding hydrogens is 136 g/mol. The minimum atomic E-state index is -1.11. The van der Waals surface area contributed by atoms with Crippen LogP contribution in [0.2, 0.25) is 0 Å². The Morgan fingerprint density at radius 3 is 2.10 bits per heavy atom. The van der Waals surface area contributed by atoms with Crippen molar-refractivity contribution in [3.05, 3.63) is 0 Å². The number of carbonyl (C=O) groups excluding carboxylic acids is 1. The van der Waals surface area contributed by atoms with Gasteiger partial charge in [0.15, 0.2) is 0 Å². The van der Waals surface area contributed by atoms with Gasteiger partial charge < -0.3 is 14.6 Å². The second-order valence-electron chi connectivity index (χ2n) is 2.13. The fraction of sp³-hybridized carbons (Fsp3) is 0.833. The molecule has 0 heterocycles. The molecule has 1 unspecified atom stereocenters. The zero-order valence-electron chi connectivity index (χ0n) is 6.33. The van der Waals surface area contributed by atoms with Crippen LogP contribution in [0, 0.1) is 0 Å². The van der Waals surface area contributed by atoms with Crippen molar-refractivity contribution in [2.24, 2.45) is 0 Å². The van der Waals surface area contributed by atoms with Crippen molar-refractivity contribution >= 4 is 6.16 Å². The zero-order chi connectivity index (χ0) is 8.15. The molecule has 0 aliphatic heterocycles. The summed E-state index contributed by atoms with van der Waals surface area (Å²) in [6, 6.07) is 0. The SMILES string of the molecule is CC(C)OC(=O)OC(C)O. The summed E-state index contributed by atoms with van der Waals surface area (Å²) in [4.78, 5) is 10.5. The van der Waals surface area contributed by atoms with E-state index in [-0.39, 0.29) is 6.10 Å². The lowest BCUT2D eigenvalue weighted by atomic mass is 10.5. The van der Waals surface area contributed by atoms with Gasteiger partial charge in [-0.15, -0.1) is 0 Å². The summed E-state index contributed by atoms with van der Waals surface area (Å²) in [6.07, 6.45) is -2.16. The molecule has 0 aromatic carbocycles. The zero-order valence-corrected chi connectivity index (χ0v) is 6.33. The summed E-state index contributed by atoms with van der Waals surface area (Å²) in [5.41, 5.74) is 0. The van der Waals surface area contributed by atoms with E-state index in [1.165, 1.54) is 6.92 Å². The molecule has 1 atom stereocenters. The van der Waals surface area contributed by atoms with E-state index in [9.17, 15) is 4.79 Å². The lowest BCUT2D eigenvalue weighted by Crippen LogP contribution is -2.18. The number of hydrogen-bond acceptors (Lipinski definition) is 4. The van der Waals surface area contributed by atoms with Crippen LogP contribution in [-0.2, 0) is 9.47 Å². The fourth-order valence-corrected chi connectivity index (χ4v) is 0.359. The Balaban J connectivity index is 3.44. The van der Waals surface area contributed by atoms with Crippen LogP contribution in [0.25, 0.3) is 0 Å². The maximum absolute atomic E-state index is 10.5. The molecule has 0 spiro atoms. The monoisotopic (exact) mass is 148 g/mol. The Morgan fingerprint density at radius 2 is 1.80 bits per heavy atom. The van der Waals surface area contributed by atoms with Gasteiger partial charge >= 0.3 is 6.16 Å². The van der Waals surface area contributed by atoms with E-state index in [0.717, 1.165) is 0 Å². The number of aliphatic hydroxyl groups excluding tert-OH is 1. The summed E-state index contributed by atoms with van der Waals surface area (Å²) in [6.45, 7) is 4.73. The van der Waals surface area contributed by atoms with Crippen LogP contribution in [-0.4, -0.2) is 23.7 Å². The quantitative estimate of drug-likeness (QED) is 0.466. The first-order chi connectivity index (χ1) is 4.52. The molecule has 1 N–H and O–H groups in total. The molecule has 0 aromatic heterocycles. The lowest BCUT2D eigenvalue weighted by Gasteiger charge is -2.09. The van der Waals surface area contributed by atoms with E-state index in [0.29, 0.717) is 0 Å². The smallest absolute Gasteiger partial charge is 0.432 e. The van der Waals surface area contributed by atoms with Crippen LogP contribution in [0.1, 0.15) is 20.8 Å². The Bertz CT molecular complexity index is 96.3. The molecule has 4 nitrogen and oxygen atoms in total. The van der Waals surface area contributed by atoms with Crippen LogP contribution in [0.3, 0.4) is 0 Å². The highest BCUT2D eigenvalue weighted by molar-refractivity contribution is 5.60. The highest BCUT2D eigenvalue weighted by atomic mass is 16.8. The minimum absolute atomic E-state index is 0.216. The van der Waals surface area contributed by atoms with Gasteiger partial charge in [-0.25, -0.2) is 4.79 Å².